The van der Waals surface area contributed by atoms with E-state index in [4.69, 9.17) is 4.74 Å². The van der Waals surface area contributed by atoms with Crippen LogP contribution in [-0.2, 0) is 17.6 Å². The average Bonchev–Trinajstić information content (AvgIpc) is 2.55. The van der Waals surface area contributed by atoms with Crippen LogP contribution in [0.4, 0.5) is 0 Å². The van der Waals surface area contributed by atoms with Gasteiger partial charge < -0.3 is 9.64 Å². The van der Waals surface area contributed by atoms with Gasteiger partial charge >= 0.3 is 0 Å². The van der Waals surface area contributed by atoms with Gasteiger partial charge in [0.2, 0.25) is 0 Å². The van der Waals surface area contributed by atoms with Gasteiger partial charge in [0.05, 0.1) is 0 Å². The Morgan fingerprint density at radius 1 is 1.10 bits per heavy atom. The van der Waals surface area contributed by atoms with Gasteiger partial charge in [0.15, 0.2) is 6.10 Å². The monoisotopic (exact) mass is 287 g/mol. The van der Waals surface area contributed by atoms with E-state index in [9.17, 15) is 4.79 Å². The molecule has 1 saturated heterocycles. The number of fused-ring (bicyclic) bond motifs is 1. The van der Waals surface area contributed by atoms with E-state index in [1.807, 2.05) is 17.9 Å². The Labute approximate surface area is 127 Å². The Morgan fingerprint density at radius 2 is 1.86 bits per heavy atom. The van der Waals surface area contributed by atoms with Gasteiger partial charge in [-0.05, 0) is 69.1 Å². The summed E-state index contributed by atoms with van der Waals surface area (Å²) < 4.78 is 6.04. The fourth-order valence-electron chi connectivity index (χ4n) is 3.47. The van der Waals surface area contributed by atoms with E-state index in [-0.39, 0.29) is 12.0 Å². The molecule has 0 saturated carbocycles. The zero-order chi connectivity index (χ0) is 14.7. The number of carbonyl (C=O) groups is 1. The van der Waals surface area contributed by atoms with Crippen LogP contribution in [0.1, 0.15) is 50.2 Å². The molecular weight excluding hydrogens is 262 g/mol. The SMILES string of the molecule is CC(Oc1cccc2c1CCCC2)C(=O)N1CCCCC1. The van der Waals surface area contributed by atoms with E-state index in [2.05, 4.69) is 12.1 Å². The predicted molar refractivity (Wildman–Crippen MR) is 83.6 cm³/mol. The van der Waals surface area contributed by atoms with Gasteiger partial charge in [0.1, 0.15) is 5.75 Å². The van der Waals surface area contributed by atoms with Crippen LogP contribution in [0.2, 0.25) is 0 Å². The molecule has 3 rings (SSSR count). The summed E-state index contributed by atoms with van der Waals surface area (Å²) in [6.07, 6.45) is 7.82. The van der Waals surface area contributed by atoms with E-state index >= 15 is 0 Å². The normalized spacial score (nSPS) is 19.8. The van der Waals surface area contributed by atoms with Crippen LogP contribution >= 0.6 is 0 Å². The van der Waals surface area contributed by atoms with Crippen LogP contribution in [0, 0.1) is 0 Å². The van der Waals surface area contributed by atoms with Crippen molar-refractivity contribution in [3.8, 4) is 5.75 Å². The van der Waals surface area contributed by atoms with Crippen LogP contribution in [-0.4, -0.2) is 30.0 Å². The molecule has 1 unspecified atom stereocenters. The number of piperidine rings is 1. The summed E-state index contributed by atoms with van der Waals surface area (Å²) in [5, 5.41) is 0. The molecule has 1 aliphatic heterocycles. The van der Waals surface area contributed by atoms with Crippen molar-refractivity contribution in [2.24, 2.45) is 0 Å². The van der Waals surface area contributed by atoms with Crippen LogP contribution in [0.15, 0.2) is 18.2 Å². The number of aryl methyl sites for hydroxylation is 1. The Morgan fingerprint density at radius 3 is 2.67 bits per heavy atom. The van der Waals surface area contributed by atoms with Gasteiger partial charge in [-0.2, -0.15) is 0 Å². The molecule has 0 spiro atoms. The smallest absolute Gasteiger partial charge is 0.263 e. The molecule has 0 radical (unpaired) electrons. The van der Waals surface area contributed by atoms with Gasteiger partial charge in [0.25, 0.3) is 5.91 Å². The fraction of sp³-hybridized carbons (Fsp3) is 0.611. The zero-order valence-electron chi connectivity index (χ0n) is 12.9. The maximum atomic E-state index is 12.5. The van der Waals surface area contributed by atoms with Gasteiger partial charge in [-0.25, -0.2) is 0 Å². The highest BCUT2D eigenvalue weighted by Crippen LogP contribution is 2.30. The minimum Gasteiger partial charge on any atom is -0.481 e. The number of ether oxygens (including phenoxy) is 1. The van der Waals surface area contributed by atoms with E-state index < -0.39 is 0 Å². The number of amides is 1. The highest BCUT2D eigenvalue weighted by Gasteiger charge is 2.24. The number of carbonyl (C=O) groups excluding carboxylic acids is 1. The largest absolute Gasteiger partial charge is 0.481 e. The molecule has 1 atom stereocenters. The van der Waals surface area contributed by atoms with E-state index in [0.717, 1.165) is 44.5 Å². The molecule has 1 aromatic rings. The lowest BCUT2D eigenvalue weighted by Gasteiger charge is -2.30. The minimum absolute atomic E-state index is 0.142. The predicted octanol–water partition coefficient (Wildman–Crippen LogP) is 3.35. The molecule has 1 fully saturated rings. The molecule has 3 heteroatoms. The topological polar surface area (TPSA) is 29.5 Å². The summed E-state index contributed by atoms with van der Waals surface area (Å²) in [6, 6.07) is 6.26. The maximum absolute atomic E-state index is 12.5. The second-order valence-electron chi connectivity index (χ2n) is 6.25. The number of nitrogens with zero attached hydrogens (tertiary/aromatic N) is 1. The third kappa shape index (κ3) is 3.22. The first kappa shape index (κ1) is 14.4. The molecule has 1 aromatic carbocycles. The van der Waals surface area contributed by atoms with Crippen LogP contribution in [0.5, 0.6) is 5.75 Å². The van der Waals surface area contributed by atoms with Crippen molar-refractivity contribution < 1.29 is 9.53 Å². The van der Waals surface area contributed by atoms with E-state index in [1.165, 1.54) is 30.4 Å². The van der Waals surface area contributed by atoms with E-state index in [1.54, 1.807) is 0 Å². The summed E-state index contributed by atoms with van der Waals surface area (Å²) in [6.45, 7) is 3.66. The number of hydrogen-bond acceptors (Lipinski definition) is 2. The molecule has 1 amide bonds. The third-order valence-electron chi connectivity index (χ3n) is 4.67. The summed E-state index contributed by atoms with van der Waals surface area (Å²) in [7, 11) is 0. The summed E-state index contributed by atoms with van der Waals surface area (Å²) in [5.41, 5.74) is 2.72. The number of benzene rings is 1. The fourth-order valence-corrected chi connectivity index (χ4v) is 3.47. The minimum atomic E-state index is -0.378. The standard InChI is InChI=1S/C18H25NO2/c1-14(18(20)19-12-5-2-6-13-19)21-17-11-7-9-15-8-3-4-10-16(15)17/h7,9,11,14H,2-6,8,10,12-13H2,1H3. The molecule has 3 nitrogen and oxygen atoms in total. The van der Waals surface area contributed by atoms with Crippen LogP contribution in [0.3, 0.4) is 0 Å². The quantitative estimate of drug-likeness (QED) is 0.853. The molecule has 0 N–H and O–H groups in total. The van der Waals surface area contributed by atoms with Gasteiger partial charge in [-0.3, -0.25) is 4.79 Å². The molecule has 0 bridgehead atoms. The van der Waals surface area contributed by atoms with Crippen molar-refractivity contribution in [2.45, 2.75) is 58.0 Å². The van der Waals surface area contributed by atoms with Gasteiger partial charge in [0, 0.05) is 13.1 Å². The van der Waals surface area contributed by atoms with Crippen molar-refractivity contribution in [1.82, 2.24) is 4.90 Å². The average molecular weight is 287 g/mol. The molecule has 1 aliphatic carbocycles. The van der Waals surface area contributed by atoms with Crippen LogP contribution < -0.4 is 4.74 Å². The molecule has 0 aromatic heterocycles. The van der Waals surface area contributed by atoms with E-state index in [0.29, 0.717) is 0 Å². The molecule has 114 valence electrons. The first-order chi connectivity index (χ1) is 10.3. The van der Waals surface area contributed by atoms with Crippen molar-refractivity contribution in [3.05, 3.63) is 29.3 Å². The highest BCUT2D eigenvalue weighted by atomic mass is 16.5. The second-order valence-corrected chi connectivity index (χ2v) is 6.25. The number of likely N-dealkylation sites (tertiary alicyclic amines) is 1. The highest BCUT2D eigenvalue weighted by molar-refractivity contribution is 5.81. The summed E-state index contributed by atoms with van der Waals surface area (Å²) in [4.78, 5) is 14.4. The number of rotatable bonds is 3. The molecule has 2 aliphatic rings. The van der Waals surface area contributed by atoms with Crippen molar-refractivity contribution >= 4 is 5.91 Å². The second kappa shape index (κ2) is 6.50. The van der Waals surface area contributed by atoms with Crippen molar-refractivity contribution in [3.63, 3.8) is 0 Å². The van der Waals surface area contributed by atoms with Gasteiger partial charge in [-0.1, -0.05) is 12.1 Å². The van der Waals surface area contributed by atoms with Crippen molar-refractivity contribution in [1.29, 1.82) is 0 Å². The zero-order valence-corrected chi connectivity index (χ0v) is 12.9. The first-order valence-corrected chi connectivity index (χ1v) is 8.32. The van der Waals surface area contributed by atoms with Gasteiger partial charge in [-0.15, -0.1) is 0 Å². The van der Waals surface area contributed by atoms with Crippen molar-refractivity contribution in [2.75, 3.05) is 13.1 Å². The first-order valence-electron chi connectivity index (χ1n) is 8.32. The Hall–Kier alpha value is -1.51. The Kier molecular flexibility index (Phi) is 4.47. The number of hydrogen-bond donors (Lipinski definition) is 0. The summed E-state index contributed by atoms with van der Waals surface area (Å²) in [5.74, 6) is 1.06. The van der Waals surface area contributed by atoms with Crippen LogP contribution in [0.25, 0.3) is 0 Å². The lowest BCUT2D eigenvalue weighted by Crippen LogP contribution is -2.43. The molecule has 21 heavy (non-hydrogen) atoms. The summed E-state index contributed by atoms with van der Waals surface area (Å²) >= 11 is 0. The lowest BCUT2D eigenvalue weighted by molar-refractivity contribution is -0.138. The molecular formula is C18H25NO2. The third-order valence-corrected chi connectivity index (χ3v) is 4.67. The Balaban J connectivity index is 1.69. The molecule has 1 heterocycles. The Bertz CT molecular complexity index is 506. The lowest BCUT2D eigenvalue weighted by atomic mass is 9.91. The maximum Gasteiger partial charge on any atom is 0.263 e.